The van der Waals surface area contributed by atoms with Crippen LogP contribution in [0.3, 0.4) is 0 Å². The molecule has 0 unspecified atom stereocenters. The van der Waals surface area contributed by atoms with E-state index in [0.29, 0.717) is 42.5 Å². The monoisotopic (exact) mass is 470 g/mol. The first-order valence-corrected chi connectivity index (χ1v) is 12.0. The number of carbonyl (C=O) groups excluding carboxylic acids is 1. The molecule has 7 nitrogen and oxygen atoms in total. The van der Waals surface area contributed by atoms with Gasteiger partial charge in [0.1, 0.15) is 5.82 Å². The zero-order valence-electron chi connectivity index (χ0n) is 17.5. The molecule has 0 bridgehead atoms. The van der Waals surface area contributed by atoms with Crippen molar-refractivity contribution in [2.24, 2.45) is 0 Å². The third kappa shape index (κ3) is 5.03. The summed E-state index contributed by atoms with van der Waals surface area (Å²) in [5.74, 6) is 0.623. The Balaban J connectivity index is 1.44. The molecule has 3 aromatic rings. The predicted octanol–water partition coefficient (Wildman–Crippen LogP) is 3.81. The average molecular weight is 471 g/mol. The number of hydrogen-bond donors (Lipinski definition) is 1. The van der Waals surface area contributed by atoms with Gasteiger partial charge in [0.25, 0.3) is 15.9 Å². The smallest absolute Gasteiger partial charge is 0.261 e. The zero-order chi connectivity index (χ0) is 22.7. The van der Waals surface area contributed by atoms with Crippen LogP contribution in [0.5, 0.6) is 0 Å². The Morgan fingerprint density at radius 3 is 2.38 bits per heavy atom. The summed E-state index contributed by atoms with van der Waals surface area (Å²) in [7, 11) is -3.81. The fraction of sp³-hybridized carbons (Fsp3) is 0.217. The molecule has 9 heteroatoms. The van der Waals surface area contributed by atoms with Crippen molar-refractivity contribution in [2.75, 3.05) is 35.8 Å². The quantitative estimate of drug-likeness (QED) is 0.613. The molecule has 32 heavy (non-hydrogen) atoms. The normalized spacial score (nSPS) is 14.3. The predicted molar refractivity (Wildman–Crippen MR) is 126 cm³/mol. The molecule has 1 fully saturated rings. The minimum absolute atomic E-state index is 0.0490. The van der Waals surface area contributed by atoms with Crippen molar-refractivity contribution in [1.29, 1.82) is 0 Å². The lowest BCUT2D eigenvalue weighted by molar-refractivity contribution is 0.0746. The molecule has 0 spiro atoms. The number of hydrogen-bond acceptors (Lipinski definition) is 5. The molecule has 1 aromatic heterocycles. The summed E-state index contributed by atoms with van der Waals surface area (Å²) in [4.78, 5) is 21.2. The molecule has 1 saturated heterocycles. The van der Waals surface area contributed by atoms with E-state index in [9.17, 15) is 13.2 Å². The highest BCUT2D eigenvalue weighted by atomic mass is 35.5. The maximum Gasteiger partial charge on any atom is 0.261 e. The average Bonchev–Trinajstić information content (AvgIpc) is 2.81. The zero-order valence-corrected chi connectivity index (χ0v) is 19.1. The summed E-state index contributed by atoms with van der Waals surface area (Å²) < 4.78 is 28.2. The third-order valence-corrected chi connectivity index (χ3v) is 6.90. The molecule has 2 aromatic carbocycles. The maximum absolute atomic E-state index is 13.0. The van der Waals surface area contributed by atoms with E-state index >= 15 is 0 Å². The summed E-state index contributed by atoms with van der Waals surface area (Å²) in [6.07, 6.45) is 1.60. The summed E-state index contributed by atoms with van der Waals surface area (Å²) in [6, 6.07) is 16.9. The van der Waals surface area contributed by atoms with Gasteiger partial charge in [-0.1, -0.05) is 35.4 Å². The van der Waals surface area contributed by atoms with E-state index in [0.717, 1.165) is 11.4 Å². The highest BCUT2D eigenvalue weighted by molar-refractivity contribution is 7.92. The molecule has 1 aliphatic heterocycles. The number of amides is 1. The molecular formula is C23H23ClN4O3S. The number of halogens is 1. The van der Waals surface area contributed by atoms with E-state index in [1.807, 2.05) is 25.1 Å². The number of aryl methyl sites for hydroxylation is 1. The minimum Gasteiger partial charge on any atom is -0.353 e. The fourth-order valence-corrected chi connectivity index (χ4v) is 4.72. The molecule has 2 heterocycles. The van der Waals surface area contributed by atoms with Crippen molar-refractivity contribution >= 4 is 39.0 Å². The topological polar surface area (TPSA) is 82.6 Å². The Morgan fingerprint density at radius 1 is 1.00 bits per heavy atom. The first kappa shape index (κ1) is 22.1. The largest absolute Gasteiger partial charge is 0.353 e. The number of anilines is 2. The Labute approximate surface area is 192 Å². The number of sulfonamides is 1. The van der Waals surface area contributed by atoms with Crippen LogP contribution in [0.15, 0.2) is 71.8 Å². The number of aromatic nitrogens is 1. The Hall–Kier alpha value is -3.10. The number of benzene rings is 2. The van der Waals surface area contributed by atoms with Crippen molar-refractivity contribution in [3.05, 3.63) is 83.0 Å². The summed E-state index contributed by atoms with van der Waals surface area (Å²) in [5, 5.41) is 0.578. The van der Waals surface area contributed by atoms with Crippen LogP contribution in [0.25, 0.3) is 0 Å². The van der Waals surface area contributed by atoms with Crippen LogP contribution in [-0.2, 0) is 10.0 Å². The number of rotatable bonds is 5. The summed E-state index contributed by atoms with van der Waals surface area (Å²) in [6.45, 7) is 4.23. The van der Waals surface area contributed by atoms with Crippen LogP contribution in [0, 0.1) is 6.92 Å². The molecule has 0 aliphatic carbocycles. The van der Waals surface area contributed by atoms with Crippen molar-refractivity contribution in [2.45, 2.75) is 11.8 Å². The second-order valence-corrected chi connectivity index (χ2v) is 9.73. The highest BCUT2D eigenvalue weighted by Crippen LogP contribution is 2.20. The standard InChI is InChI=1S/C23H23ClN4O3S/c1-17-5-8-20(9-6-17)26-32(30,31)21-4-2-3-18(15-21)23(29)28-13-11-27(12-14-28)22-10-7-19(24)16-25-22/h2-10,15-16,26H,11-14H2,1H3. The van der Waals surface area contributed by atoms with Crippen LogP contribution >= 0.6 is 11.6 Å². The van der Waals surface area contributed by atoms with E-state index in [-0.39, 0.29) is 10.8 Å². The Kier molecular flexibility index (Phi) is 6.34. The van der Waals surface area contributed by atoms with Crippen molar-refractivity contribution < 1.29 is 13.2 Å². The number of pyridine rings is 1. The van der Waals surface area contributed by atoms with Gasteiger partial charge in [-0.05, 0) is 49.4 Å². The van der Waals surface area contributed by atoms with Gasteiger partial charge in [0.15, 0.2) is 0 Å². The van der Waals surface area contributed by atoms with Gasteiger partial charge in [0.05, 0.1) is 9.92 Å². The van der Waals surface area contributed by atoms with Gasteiger partial charge in [0, 0.05) is 43.6 Å². The molecule has 0 radical (unpaired) electrons. The number of carbonyl (C=O) groups is 1. The number of piperazine rings is 1. The summed E-state index contributed by atoms with van der Waals surface area (Å²) in [5.41, 5.74) is 1.85. The number of nitrogens with zero attached hydrogens (tertiary/aromatic N) is 3. The van der Waals surface area contributed by atoms with Gasteiger partial charge >= 0.3 is 0 Å². The van der Waals surface area contributed by atoms with Crippen LogP contribution in [0.1, 0.15) is 15.9 Å². The molecule has 0 saturated carbocycles. The van der Waals surface area contributed by atoms with Gasteiger partial charge in [0.2, 0.25) is 0 Å². The SMILES string of the molecule is Cc1ccc(NS(=O)(=O)c2cccc(C(=O)N3CCN(c4ccc(Cl)cn4)CC3)c2)cc1. The minimum atomic E-state index is -3.81. The number of nitrogens with one attached hydrogen (secondary N) is 1. The van der Waals surface area contributed by atoms with Crippen molar-refractivity contribution in [3.63, 3.8) is 0 Å². The lowest BCUT2D eigenvalue weighted by Gasteiger charge is -2.35. The van der Waals surface area contributed by atoms with Gasteiger partial charge in [-0.2, -0.15) is 0 Å². The highest BCUT2D eigenvalue weighted by Gasteiger charge is 2.24. The molecule has 0 atom stereocenters. The van der Waals surface area contributed by atoms with Crippen LogP contribution < -0.4 is 9.62 Å². The van der Waals surface area contributed by atoms with E-state index in [4.69, 9.17) is 11.6 Å². The van der Waals surface area contributed by atoms with E-state index in [2.05, 4.69) is 14.6 Å². The van der Waals surface area contributed by atoms with Crippen LogP contribution in [0.4, 0.5) is 11.5 Å². The van der Waals surface area contributed by atoms with E-state index < -0.39 is 10.0 Å². The van der Waals surface area contributed by atoms with Crippen LogP contribution in [-0.4, -0.2) is 50.4 Å². The fourth-order valence-electron chi connectivity index (χ4n) is 3.51. The molecular weight excluding hydrogens is 448 g/mol. The third-order valence-electron chi connectivity index (χ3n) is 5.30. The maximum atomic E-state index is 13.0. The van der Waals surface area contributed by atoms with Gasteiger partial charge in [-0.25, -0.2) is 13.4 Å². The second kappa shape index (κ2) is 9.18. The van der Waals surface area contributed by atoms with Gasteiger partial charge < -0.3 is 9.80 Å². The molecule has 1 N–H and O–H groups in total. The first-order valence-electron chi connectivity index (χ1n) is 10.2. The molecule has 4 rings (SSSR count). The lowest BCUT2D eigenvalue weighted by Crippen LogP contribution is -2.49. The summed E-state index contributed by atoms with van der Waals surface area (Å²) >= 11 is 5.90. The Bertz CT molecular complexity index is 1210. The molecule has 166 valence electrons. The Morgan fingerprint density at radius 2 is 1.72 bits per heavy atom. The van der Waals surface area contributed by atoms with Crippen molar-refractivity contribution in [1.82, 2.24) is 9.88 Å². The van der Waals surface area contributed by atoms with E-state index in [1.54, 1.807) is 41.4 Å². The van der Waals surface area contributed by atoms with Gasteiger partial charge in [-0.15, -0.1) is 0 Å². The van der Waals surface area contributed by atoms with E-state index in [1.165, 1.54) is 12.1 Å². The van der Waals surface area contributed by atoms with Crippen LogP contribution in [0.2, 0.25) is 5.02 Å². The van der Waals surface area contributed by atoms with Crippen molar-refractivity contribution in [3.8, 4) is 0 Å². The first-order chi connectivity index (χ1) is 15.3. The van der Waals surface area contributed by atoms with Gasteiger partial charge in [-0.3, -0.25) is 9.52 Å². The lowest BCUT2D eigenvalue weighted by atomic mass is 10.2. The molecule has 1 amide bonds. The second-order valence-electron chi connectivity index (χ2n) is 7.61. The molecule has 1 aliphatic rings.